The Morgan fingerprint density at radius 3 is 2.57 bits per heavy atom. The number of nitrogens with zero attached hydrogens (tertiary/aromatic N) is 2. The van der Waals surface area contributed by atoms with Gasteiger partial charge in [-0.2, -0.15) is 0 Å². The van der Waals surface area contributed by atoms with E-state index >= 15 is 0 Å². The Kier molecular flexibility index (Phi) is 7.82. The Bertz CT molecular complexity index is 1010. The van der Waals surface area contributed by atoms with Crippen LogP contribution in [0.2, 0.25) is 0 Å². The monoisotopic (exact) mass is 423 g/mol. The molecule has 5 nitrogen and oxygen atoms in total. The summed E-state index contributed by atoms with van der Waals surface area (Å²) in [6, 6.07) is 14.1. The first-order valence-electron chi connectivity index (χ1n) is 10.4. The minimum atomic E-state index is -0.265. The maximum Gasteiger partial charge on any atom is 0.233 e. The lowest BCUT2D eigenvalue weighted by atomic mass is 10.1. The van der Waals surface area contributed by atoms with Gasteiger partial charge < -0.3 is 10.1 Å². The van der Waals surface area contributed by atoms with Crippen molar-refractivity contribution >= 4 is 28.6 Å². The Hall–Kier alpha value is -2.44. The molecule has 158 valence electrons. The topological polar surface area (TPSA) is 64.1 Å². The lowest BCUT2D eigenvalue weighted by Crippen LogP contribution is -2.32. The van der Waals surface area contributed by atoms with Gasteiger partial charge in [0.1, 0.15) is 5.03 Å². The van der Waals surface area contributed by atoms with Crippen LogP contribution in [0.1, 0.15) is 31.4 Å². The molecule has 0 spiro atoms. The molecule has 0 unspecified atom stereocenters. The molecule has 0 bridgehead atoms. The fourth-order valence-electron chi connectivity index (χ4n) is 3.19. The average molecular weight is 424 g/mol. The number of benzene rings is 2. The van der Waals surface area contributed by atoms with Crippen LogP contribution in [0, 0.1) is 13.8 Å². The van der Waals surface area contributed by atoms with Gasteiger partial charge in [-0.05, 0) is 45.2 Å². The minimum Gasteiger partial charge on any atom is -0.382 e. The van der Waals surface area contributed by atoms with E-state index in [9.17, 15) is 4.79 Å². The zero-order chi connectivity index (χ0) is 21.5. The van der Waals surface area contributed by atoms with Gasteiger partial charge in [0.2, 0.25) is 5.91 Å². The van der Waals surface area contributed by atoms with E-state index in [0.29, 0.717) is 25.6 Å². The molecular formula is C24H29N3O2S. The van der Waals surface area contributed by atoms with Crippen molar-refractivity contribution in [3.8, 4) is 11.4 Å². The molecule has 1 aromatic heterocycles. The van der Waals surface area contributed by atoms with Gasteiger partial charge >= 0.3 is 0 Å². The van der Waals surface area contributed by atoms with Gasteiger partial charge in [0.25, 0.3) is 0 Å². The predicted octanol–water partition coefficient (Wildman–Crippen LogP) is 4.94. The Morgan fingerprint density at radius 2 is 1.83 bits per heavy atom. The number of ether oxygens (including phenoxy) is 1. The second kappa shape index (κ2) is 10.5. The first-order chi connectivity index (χ1) is 14.5. The number of fused-ring (bicyclic) bond motifs is 1. The molecule has 0 saturated heterocycles. The number of rotatable bonds is 9. The molecule has 1 amide bonds. The normalized spacial score (nSPS) is 12.1. The molecule has 6 heteroatoms. The van der Waals surface area contributed by atoms with E-state index in [1.807, 2.05) is 44.2 Å². The summed E-state index contributed by atoms with van der Waals surface area (Å²) in [5.74, 6) is 0.693. The number of carbonyl (C=O) groups excluding carboxylic acids is 1. The first kappa shape index (κ1) is 22.2. The van der Waals surface area contributed by atoms with Crippen molar-refractivity contribution in [3.05, 3.63) is 53.6 Å². The third-order valence-corrected chi connectivity index (χ3v) is 5.97. The fourth-order valence-corrected chi connectivity index (χ4v) is 4.23. The van der Waals surface area contributed by atoms with E-state index in [1.54, 1.807) is 0 Å². The third-order valence-electron chi connectivity index (χ3n) is 4.89. The first-order valence-corrected chi connectivity index (χ1v) is 11.2. The van der Waals surface area contributed by atoms with Crippen LogP contribution in [-0.4, -0.2) is 40.9 Å². The zero-order valence-corrected chi connectivity index (χ0v) is 18.9. The number of hydrogen-bond acceptors (Lipinski definition) is 5. The molecule has 0 fully saturated rings. The molecular weight excluding hydrogens is 394 g/mol. The minimum absolute atomic E-state index is 0.00910. The van der Waals surface area contributed by atoms with Crippen molar-refractivity contribution in [2.75, 3.05) is 19.8 Å². The molecule has 0 aliphatic rings. The van der Waals surface area contributed by atoms with Crippen LogP contribution >= 0.6 is 11.8 Å². The standard InChI is InChI=1S/C24H29N3O2S/c1-5-29-15-9-14-25-23(28)18(4)30-24-20-16(2)12-13-17(3)21(20)26-22(27-24)19-10-7-6-8-11-19/h6-8,10-13,18H,5,9,14-15H2,1-4H3,(H,25,28)/t18-/m1/s1. The quantitative estimate of drug-likeness (QED) is 0.300. The average Bonchev–Trinajstić information content (AvgIpc) is 2.76. The highest BCUT2D eigenvalue weighted by atomic mass is 32.2. The second-order valence-electron chi connectivity index (χ2n) is 7.24. The van der Waals surface area contributed by atoms with E-state index in [0.717, 1.165) is 39.0 Å². The smallest absolute Gasteiger partial charge is 0.233 e. The molecule has 0 aliphatic carbocycles. The van der Waals surface area contributed by atoms with Gasteiger partial charge in [-0.1, -0.05) is 54.2 Å². The van der Waals surface area contributed by atoms with Crippen LogP contribution in [0.3, 0.4) is 0 Å². The maximum absolute atomic E-state index is 12.6. The van der Waals surface area contributed by atoms with Crippen LogP contribution in [0.5, 0.6) is 0 Å². The maximum atomic E-state index is 12.6. The summed E-state index contributed by atoms with van der Waals surface area (Å²) >= 11 is 1.49. The van der Waals surface area contributed by atoms with E-state index in [1.165, 1.54) is 11.8 Å². The Balaban J connectivity index is 1.88. The van der Waals surface area contributed by atoms with Gasteiger partial charge in [-0.3, -0.25) is 4.79 Å². The molecule has 0 aliphatic heterocycles. The Labute approximate surface area is 182 Å². The number of carbonyl (C=O) groups is 1. The highest BCUT2D eigenvalue weighted by molar-refractivity contribution is 8.00. The van der Waals surface area contributed by atoms with Gasteiger partial charge in [-0.15, -0.1) is 0 Å². The molecule has 1 atom stereocenters. The second-order valence-corrected chi connectivity index (χ2v) is 8.57. The van der Waals surface area contributed by atoms with Crippen molar-refractivity contribution in [2.45, 2.75) is 44.4 Å². The molecule has 0 radical (unpaired) electrons. The van der Waals surface area contributed by atoms with E-state index in [-0.39, 0.29) is 11.2 Å². The van der Waals surface area contributed by atoms with Gasteiger partial charge in [0.05, 0.1) is 10.8 Å². The number of aryl methyl sites for hydroxylation is 2. The highest BCUT2D eigenvalue weighted by Gasteiger charge is 2.19. The number of thioether (sulfide) groups is 1. The third kappa shape index (κ3) is 5.37. The van der Waals surface area contributed by atoms with Crippen LogP contribution in [0.25, 0.3) is 22.3 Å². The van der Waals surface area contributed by atoms with Gasteiger partial charge in [0.15, 0.2) is 5.82 Å². The zero-order valence-electron chi connectivity index (χ0n) is 18.1. The SMILES string of the molecule is CCOCCCNC(=O)[C@@H](C)Sc1nc(-c2ccccc2)nc2c(C)ccc(C)c12. The lowest BCUT2D eigenvalue weighted by molar-refractivity contribution is -0.120. The molecule has 30 heavy (non-hydrogen) atoms. The highest BCUT2D eigenvalue weighted by Crippen LogP contribution is 2.34. The van der Waals surface area contributed by atoms with Crippen molar-refractivity contribution in [3.63, 3.8) is 0 Å². The van der Waals surface area contributed by atoms with E-state index in [2.05, 4.69) is 31.3 Å². The number of nitrogens with one attached hydrogen (secondary N) is 1. The summed E-state index contributed by atoms with van der Waals surface area (Å²) in [6.07, 6.45) is 0.809. The summed E-state index contributed by atoms with van der Waals surface area (Å²) in [5, 5.41) is 4.60. The number of hydrogen-bond donors (Lipinski definition) is 1. The summed E-state index contributed by atoms with van der Waals surface area (Å²) < 4.78 is 5.33. The molecule has 1 heterocycles. The molecule has 0 saturated carbocycles. The lowest BCUT2D eigenvalue weighted by Gasteiger charge is -2.16. The fraction of sp³-hybridized carbons (Fsp3) is 0.375. The van der Waals surface area contributed by atoms with Crippen LogP contribution in [0.15, 0.2) is 47.5 Å². The summed E-state index contributed by atoms with van der Waals surface area (Å²) in [5.41, 5.74) is 4.12. The van der Waals surface area contributed by atoms with E-state index in [4.69, 9.17) is 14.7 Å². The predicted molar refractivity (Wildman–Crippen MR) is 124 cm³/mol. The van der Waals surface area contributed by atoms with Crippen molar-refractivity contribution in [1.29, 1.82) is 0 Å². The van der Waals surface area contributed by atoms with Gasteiger partial charge in [-0.25, -0.2) is 9.97 Å². The van der Waals surface area contributed by atoms with Crippen LogP contribution < -0.4 is 5.32 Å². The largest absolute Gasteiger partial charge is 0.382 e. The molecule has 2 aromatic carbocycles. The molecule has 1 N–H and O–H groups in total. The van der Waals surface area contributed by atoms with Crippen molar-refractivity contribution < 1.29 is 9.53 Å². The van der Waals surface area contributed by atoms with Crippen molar-refractivity contribution in [1.82, 2.24) is 15.3 Å². The summed E-state index contributed by atoms with van der Waals surface area (Å²) in [7, 11) is 0. The molecule has 3 rings (SSSR count). The van der Waals surface area contributed by atoms with Crippen LogP contribution in [-0.2, 0) is 9.53 Å². The number of aromatic nitrogens is 2. The summed E-state index contributed by atoms with van der Waals surface area (Å²) in [6.45, 7) is 9.99. The number of amides is 1. The van der Waals surface area contributed by atoms with Crippen LogP contribution in [0.4, 0.5) is 0 Å². The van der Waals surface area contributed by atoms with E-state index < -0.39 is 0 Å². The Morgan fingerprint density at radius 1 is 1.10 bits per heavy atom. The van der Waals surface area contributed by atoms with Crippen molar-refractivity contribution in [2.24, 2.45) is 0 Å². The van der Waals surface area contributed by atoms with Gasteiger partial charge in [0, 0.05) is 30.7 Å². The molecule has 3 aromatic rings. The summed E-state index contributed by atoms with van der Waals surface area (Å²) in [4.78, 5) is 22.3.